The van der Waals surface area contributed by atoms with Gasteiger partial charge in [-0.1, -0.05) is 30.3 Å². The van der Waals surface area contributed by atoms with Crippen LogP contribution in [-0.4, -0.2) is 72.3 Å². The summed E-state index contributed by atoms with van der Waals surface area (Å²) in [7, 11) is -3.73. The summed E-state index contributed by atoms with van der Waals surface area (Å²) in [5.41, 5.74) is 6.29. The van der Waals surface area contributed by atoms with Crippen LogP contribution in [0, 0.1) is 5.92 Å². The minimum atomic E-state index is -3.73. The highest BCUT2D eigenvalue weighted by Crippen LogP contribution is 2.18. The summed E-state index contributed by atoms with van der Waals surface area (Å²) >= 11 is 0. The van der Waals surface area contributed by atoms with E-state index in [-0.39, 0.29) is 19.5 Å². The number of rotatable bonds is 9. The maximum atomic E-state index is 13.6. The number of carbonyl (C=O) groups excluding carboxylic acids is 2. The van der Waals surface area contributed by atoms with E-state index in [1.54, 1.807) is 0 Å². The van der Waals surface area contributed by atoms with Crippen molar-refractivity contribution < 1.29 is 22.7 Å². The second-order valence-electron chi connectivity index (χ2n) is 7.38. The molecule has 2 atom stereocenters. The lowest BCUT2D eigenvalue weighted by molar-refractivity contribution is -0.128. The van der Waals surface area contributed by atoms with Crippen LogP contribution in [0.1, 0.15) is 12.5 Å². The number of morpholine rings is 1. The molecule has 31 heavy (non-hydrogen) atoms. The van der Waals surface area contributed by atoms with Crippen LogP contribution in [0.4, 0.5) is 0 Å². The standard InChI is InChI=1S/C20H27N5O5S/c1-16(19(21)26)25(23-8-7-22-15-23)20(27)18(13-17-5-3-2-4-6-17)14-31(28,29)24-9-11-30-12-10-24/h2-8,15-16,18H,9-14H2,1H3,(H2,21,26). The van der Waals surface area contributed by atoms with E-state index in [0.29, 0.717) is 13.2 Å². The van der Waals surface area contributed by atoms with E-state index in [2.05, 4.69) is 4.98 Å². The lowest BCUT2D eigenvalue weighted by atomic mass is 9.99. The maximum absolute atomic E-state index is 13.6. The van der Waals surface area contributed by atoms with Gasteiger partial charge in [0.05, 0.1) is 24.9 Å². The molecular weight excluding hydrogens is 422 g/mol. The molecule has 1 saturated heterocycles. The third kappa shape index (κ3) is 5.69. The number of ether oxygens (including phenoxy) is 1. The van der Waals surface area contributed by atoms with Crippen LogP contribution in [-0.2, 0) is 30.8 Å². The molecule has 10 nitrogen and oxygen atoms in total. The van der Waals surface area contributed by atoms with Gasteiger partial charge < -0.3 is 10.5 Å². The van der Waals surface area contributed by atoms with Crippen molar-refractivity contribution in [3.05, 3.63) is 54.6 Å². The van der Waals surface area contributed by atoms with Crippen molar-refractivity contribution >= 4 is 21.8 Å². The van der Waals surface area contributed by atoms with E-state index in [4.69, 9.17) is 10.5 Å². The fourth-order valence-corrected chi connectivity index (χ4v) is 5.18. The Hall–Kier alpha value is -2.76. The summed E-state index contributed by atoms with van der Waals surface area (Å²) in [5.74, 6) is -2.56. The van der Waals surface area contributed by atoms with Crippen molar-refractivity contribution in [3.63, 3.8) is 0 Å². The number of amides is 2. The molecule has 1 aromatic carbocycles. The number of aromatic nitrogens is 2. The number of hydrogen-bond acceptors (Lipinski definition) is 6. The Bertz CT molecular complexity index is 975. The highest BCUT2D eigenvalue weighted by atomic mass is 32.2. The molecule has 11 heteroatoms. The average molecular weight is 450 g/mol. The van der Waals surface area contributed by atoms with E-state index in [1.165, 1.54) is 34.6 Å². The number of nitrogens with zero attached hydrogens (tertiary/aromatic N) is 4. The first-order chi connectivity index (χ1) is 14.8. The molecule has 0 radical (unpaired) electrons. The minimum absolute atomic E-state index is 0.194. The smallest absolute Gasteiger partial charge is 0.246 e. The summed E-state index contributed by atoms with van der Waals surface area (Å²) in [6, 6.07) is 8.17. The topological polar surface area (TPSA) is 128 Å². The molecule has 0 spiro atoms. The SMILES string of the molecule is CC(C(N)=O)N(C(=O)C(Cc1ccccc1)CS(=O)(=O)N1CCOCC1)n1ccnc1. The number of hydrogen-bond donors (Lipinski definition) is 1. The lowest BCUT2D eigenvalue weighted by Crippen LogP contribution is -2.55. The third-order valence-corrected chi connectivity index (χ3v) is 7.17. The number of primary amides is 1. The molecule has 1 aliphatic heterocycles. The molecule has 0 bridgehead atoms. The van der Waals surface area contributed by atoms with Crippen LogP contribution < -0.4 is 10.7 Å². The summed E-state index contributed by atoms with van der Waals surface area (Å²) in [6.07, 6.45) is 4.53. The zero-order valence-electron chi connectivity index (χ0n) is 17.3. The molecule has 2 N–H and O–H groups in total. The van der Waals surface area contributed by atoms with Crippen LogP contribution in [0.5, 0.6) is 0 Å². The Morgan fingerprint density at radius 1 is 1.23 bits per heavy atom. The van der Waals surface area contributed by atoms with Crippen molar-refractivity contribution in [1.29, 1.82) is 0 Å². The molecule has 1 aromatic heterocycles. The molecule has 1 aliphatic rings. The van der Waals surface area contributed by atoms with Crippen LogP contribution in [0.15, 0.2) is 49.1 Å². The van der Waals surface area contributed by atoms with Gasteiger partial charge in [0.15, 0.2) is 0 Å². The summed E-state index contributed by atoms with van der Waals surface area (Å²) in [6.45, 7) is 2.62. The largest absolute Gasteiger partial charge is 0.379 e. The Labute approximate surface area is 181 Å². The minimum Gasteiger partial charge on any atom is -0.379 e. The summed E-state index contributed by atoms with van der Waals surface area (Å²) < 4.78 is 34.1. The van der Waals surface area contributed by atoms with Gasteiger partial charge in [0.2, 0.25) is 21.8 Å². The predicted octanol–water partition coefficient (Wildman–Crippen LogP) is -0.258. The molecule has 2 amide bonds. The molecule has 1 fully saturated rings. The zero-order valence-corrected chi connectivity index (χ0v) is 18.1. The fraction of sp³-hybridized carbons (Fsp3) is 0.450. The molecule has 0 aliphatic carbocycles. The third-order valence-electron chi connectivity index (χ3n) is 5.19. The molecule has 0 saturated carbocycles. The second-order valence-corrected chi connectivity index (χ2v) is 9.39. The van der Waals surface area contributed by atoms with E-state index >= 15 is 0 Å². The van der Waals surface area contributed by atoms with Gasteiger partial charge in [0.25, 0.3) is 0 Å². The molecular formula is C20H27N5O5S. The first-order valence-electron chi connectivity index (χ1n) is 9.99. The normalized spacial score (nSPS) is 17.1. The van der Waals surface area contributed by atoms with Gasteiger partial charge in [-0.2, -0.15) is 4.31 Å². The summed E-state index contributed by atoms with van der Waals surface area (Å²) in [4.78, 5) is 29.5. The van der Waals surface area contributed by atoms with Crippen molar-refractivity contribution in [2.75, 3.05) is 37.1 Å². The van der Waals surface area contributed by atoms with Crippen molar-refractivity contribution in [2.24, 2.45) is 11.7 Å². The van der Waals surface area contributed by atoms with Gasteiger partial charge in [0.1, 0.15) is 12.4 Å². The van der Waals surface area contributed by atoms with Crippen LogP contribution in [0.25, 0.3) is 0 Å². The van der Waals surface area contributed by atoms with E-state index in [9.17, 15) is 18.0 Å². The number of carbonyl (C=O) groups is 2. The van der Waals surface area contributed by atoms with E-state index in [1.807, 2.05) is 30.3 Å². The second kappa shape index (κ2) is 10.0. The van der Waals surface area contributed by atoms with Gasteiger partial charge in [0, 0.05) is 25.5 Å². The van der Waals surface area contributed by atoms with Gasteiger partial charge in [-0.05, 0) is 18.9 Å². The Morgan fingerprint density at radius 3 is 2.48 bits per heavy atom. The number of benzene rings is 1. The van der Waals surface area contributed by atoms with Gasteiger partial charge in [-0.3, -0.25) is 9.59 Å². The number of nitrogens with two attached hydrogens (primary N) is 1. The molecule has 3 rings (SSSR count). The molecule has 2 unspecified atom stereocenters. The average Bonchev–Trinajstić information content (AvgIpc) is 3.29. The monoisotopic (exact) mass is 449 g/mol. The number of imidazole rings is 1. The van der Waals surface area contributed by atoms with Crippen molar-refractivity contribution in [2.45, 2.75) is 19.4 Å². The Kier molecular flexibility index (Phi) is 7.42. The Balaban J connectivity index is 1.93. The molecule has 2 aromatic rings. The fourth-order valence-electron chi connectivity index (χ4n) is 3.49. The predicted molar refractivity (Wildman–Crippen MR) is 114 cm³/mol. The van der Waals surface area contributed by atoms with E-state index in [0.717, 1.165) is 10.6 Å². The van der Waals surface area contributed by atoms with Crippen LogP contribution in [0.2, 0.25) is 0 Å². The highest BCUT2D eigenvalue weighted by molar-refractivity contribution is 7.89. The van der Waals surface area contributed by atoms with E-state index < -0.39 is 39.6 Å². The lowest BCUT2D eigenvalue weighted by Gasteiger charge is -2.32. The first kappa shape index (κ1) is 22.9. The quantitative estimate of drug-likeness (QED) is 0.562. The van der Waals surface area contributed by atoms with Gasteiger partial charge in [-0.25, -0.2) is 23.1 Å². The van der Waals surface area contributed by atoms with Crippen LogP contribution in [0.3, 0.4) is 0 Å². The first-order valence-corrected chi connectivity index (χ1v) is 11.6. The van der Waals surface area contributed by atoms with Crippen molar-refractivity contribution in [3.8, 4) is 0 Å². The van der Waals surface area contributed by atoms with Crippen molar-refractivity contribution in [1.82, 2.24) is 14.0 Å². The number of sulfonamides is 1. The van der Waals surface area contributed by atoms with Crippen LogP contribution >= 0.6 is 0 Å². The van der Waals surface area contributed by atoms with Gasteiger partial charge in [-0.15, -0.1) is 0 Å². The zero-order chi connectivity index (χ0) is 22.4. The molecule has 2 heterocycles. The Morgan fingerprint density at radius 2 is 1.90 bits per heavy atom. The highest BCUT2D eigenvalue weighted by Gasteiger charge is 2.36. The summed E-state index contributed by atoms with van der Waals surface area (Å²) in [5, 5.41) is 1.16. The maximum Gasteiger partial charge on any atom is 0.246 e. The molecule has 168 valence electrons. The van der Waals surface area contributed by atoms with Gasteiger partial charge >= 0.3 is 0 Å².